The van der Waals surface area contributed by atoms with Crippen molar-refractivity contribution in [3.63, 3.8) is 0 Å². The zero-order chi connectivity index (χ0) is 18.4. The number of nitrogens with one attached hydrogen (secondary N) is 1. The van der Waals surface area contributed by atoms with Crippen molar-refractivity contribution in [1.29, 1.82) is 0 Å². The standard InChI is InChI=1S/C17H22N8O2/c26-14-4-6-17(10-24(14)12-2-3-12)5-1-7-23(9-17)16(27)13-8-18-20-15(13)25-11-19-21-22-25/h8,11-12H,1-7,9-10H2,(H,18,20)/t17-/m1/s1. The maximum Gasteiger partial charge on any atom is 0.259 e. The van der Waals surface area contributed by atoms with Crippen LogP contribution >= 0.6 is 0 Å². The number of nitrogens with zero attached hydrogens (tertiary/aromatic N) is 7. The Morgan fingerprint density at radius 1 is 1.26 bits per heavy atom. The number of aromatic amines is 1. The number of hydrogen-bond acceptors (Lipinski definition) is 6. The summed E-state index contributed by atoms with van der Waals surface area (Å²) in [5.41, 5.74) is 0.480. The van der Waals surface area contributed by atoms with Crippen molar-refractivity contribution in [3.05, 3.63) is 18.1 Å². The van der Waals surface area contributed by atoms with Gasteiger partial charge in [0, 0.05) is 37.5 Å². The third-order valence-corrected chi connectivity index (χ3v) is 6.06. The van der Waals surface area contributed by atoms with Gasteiger partial charge < -0.3 is 9.80 Å². The molecule has 142 valence electrons. The molecule has 27 heavy (non-hydrogen) atoms. The van der Waals surface area contributed by atoms with Crippen LogP contribution in [0.4, 0.5) is 0 Å². The minimum atomic E-state index is -0.0665. The van der Waals surface area contributed by atoms with Gasteiger partial charge in [0.25, 0.3) is 5.91 Å². The van der Waals surface area contributed by atoms with Crippen molar-refractivity contribution in [2.24, 2.45) is 5.41 Å². The molecule has 2 aliphatic heterocycles. The minimum absolute atomic E-state index is 0.0170. The molecule has 2 aromatic heterocycles. The van der Waals surface area contributed by atoms with Gasteiger partial charge in [-0.05, 0) is 42.5 Å². The number of carbonyl (C=O) groups excluding carboxylic acids is 2. The van der Waals surface area contributed by atoms with Crippen molar-refractivity contribution in [1.82, 2.24) is 40.2 Å². The monoisotopic (exact) mass is 370 g/mol. The summed E-state index contributed by atoms with van der Waals surface area (Å²) in [6.07, 6.45) is 8.69. The van der Waals surface area contributed by atoms with Crippen LogP contribution < -0.4 is 0 Å². The average molecular weight is 370 g/mol. The maximum absolute atomic E-state index is 13.2. The summed E-state index contributed by atoms with van der Waals surface area (Å²) in [5.74, 6) is 0.689. The van der Waals surface area contributed by atoms with E-state index in [4.69, 9.17) is 0 Å². The van der Waals surface area contributed by atoms with Crippen molar-refractivity contribution in [3.8, 4) is 5.82 Å². The summed E-state index contributed by atoms with van der Waals surface area (Å²) in [4.78, 5) is 29.5. The maximum atomic E-state index is 13.2. The molecule has 0 bridgehead atoms. The van der Waals surface area contributed by atoms with E-state index in [2.05, 4.69) is 30.6 Å². The van der Waals surface area contributed by atoms with Crippen molar-refractivity contribution in [2.75, 3.05) is 19.6 Å². The molecule has 1 aliphatic carbocycles. The molecule has 1 saturated carbocycles. The van der Waals surface area contributed by atoms with Crippen molar-refractivity contribution < 1.29 is 9.59 Å². The predicted molar refractivity (Wildman–Crippen MR) is 92.8 cm³/mol. The second-order valence-electron chi connectivity index (χ2n) is 7.97. The van der Waals surface area contributed by atoms with Gasteiger partial charge in [0.1, 0.15) is 11.9 Å². The molecule has 1 atom stereocenters. The molecule has 2 amide bonds. The molecule has 2 saturated heterocycles. The Hall–Kier alpha value is -2.78. The molecule has 0 unspecified atom stereocenters. The quantitative estimate of drug-likeness (QED) is 0.836. The summed E-state index contributed by atoms with van der Waals surface area (Å²) in [5, 5.41) is 17.9. The van der Waals surface area contributed by atoms with Crippen LogP contribution in [0, 0.1) is 5.41 Å². The summed E-state index contributed by atoms with van der Waals surface area (Å²) < 4.78 is 1.41. The average Bonchev–Trinajstić information content (AvgIpc) is 3.17. The van der Waals surface area contributed by atoms with Crippen LogP contribution in [0.25, 0.3) is 5.82 Å². The second-order valence-corrected chi connectivity index (χ2v) is 7.97. The fourth-order valence-corrected chi connectivity index (χ4v) is 4.52. The van der Waals surface area contributed by atoms with Gasteiger partial charge in [-0.3, -0.25) is 14.7 Å². The van der Waals surface area contributed by atoms with Gasteiger partial charge in [-0.25, -0.2) is 0 Å². The highest BCUT2D eigenvalue weighted by Crippen LogP contribution is 2.42. The summed E-state index contributed by atoms with van der Waals surface area (Å²) in [6.45, 7) is 2.19. The zero-order valence-corrected chi connectivity index (χ0v) is 15.0. The SMILES string of the molecule is O=C(c1cn[nH]c1-n1cnnn1)N1CCC[C@@]2(CCC(=O)N(C3CC3)C2)C1. The number of piperidine rings is 2. The lowest BCUT2D eigenvalue weighted by atomic mass is 9.73. The number of carbonyl (C=O) groups is 2. The first-order chi connectivity index (χ1) is 13.2. The van der Waals surface area contributed by atoms with Crippen LogP contribution in [-0.4, -0.2) is 77.7 Å². The first-order valence-electron chi connectivity index (χ1n) is 9.51. The highest BCUT2D eigenvalue weighted by molar-refractivity contribution is 5.97. The number of amides is 2. The Bertz CT molecular complexity index is 858. The van der Waals surface area contributed by atoms with Crippen LogP contribution in [0.5, 0.6) is 0 Å². The van der Waals surface area contributed by atoms with Crippen LogP contribution in [0.3, 0.4) is 0 Å². The largest absolute Gasteiger partial charge is 0.339 e. The van der Waals surface area contributed by atoms with Gasteiger partial charge in [0.2, 0.25) is 5.91 Å². The van der Waals surface area contributed by atoms with E-state index in [1.807, 2.05) is 4.90 Å². The number of rotatable bonds is 3. The third-order valence-electron chi connectivity index (χ3n) is 6.06. The van der Waals surface area contributed by atoms with E-state index >= 15 is 0 Å². The molecule has 1 N–H and O–H groups in total. The van der Waals surface area contributed by atoms with Crippen LogP contribution in [-0.2, 0) is 4.79 Å². The Morgan fingerprint density at radius 2 is 2.15 bits per heavy atom. The van der Waals surface area contributed by atoms with Gasteiger partial charge in [-0.1, -0.05) is 0 Å². The number of hydrogen-bond donors (Lipinski definition) is 1. The van der Waals surface area contributed by atoms with E-state index in [9.17, 15) is 9.59 Å². The van der Waals surface area contributed by atoms with Crippen LogP contribution in [0.15, 0.2) is 12.5 Å². The second kappa shape index (κ2) is 6.14. The topological polar surface area (TPSA) is 113 Å². The van der Waals surface area contributed by atoms with Crippen LogP contribution in [0.2, 0.25) is 0 Å². The van der Waals surface area contributed by atoms with Gasteiger partial charge in [0.05, 0.1) is 6.20 Å². The lowest BCUT2D eigenvalue weighted by Crippen LogP contribution is -2.55. The lowest BCUT2D eigenvalue weighted by Gasteiger charge is -2.48. The van der Waals surface area contributed by atoms with E-state index in [1.54, 1.807) is 0 Å². The smallest absolute Gasteiger partial charge is 0.259 e. The predicted octanol–water partition coefficient (Wildman–Crippen LogP) is 0.393. The normalized spacial score (nSPS) is 26.0. The van der Waals surface area contributed by atoms with Gasteiger partial charge in [-0.15, -0.1) is 5.10 Å². The molecule has 10 nitrogen and oxygen atoms in total. The first-order valence-corrected chi connectivity index (χ1v) is 9.51. The number of aromatic nitrogens is 6. The number of likely N-dealkylation sites (tertiary alicyclic amines) is 2. The van der Waals surface area contributed by atoms with E-state index in [1.165, 1.54) is 17.2 Å². The van der Waals surface area contributed by atoms with Crippen LogP contribution in [0.1, 0.15) is 48.9 Å². The lowest BCUT2D eigenvalue weighted by molar-refractivity contribution is -0.139. The molecule has 3 fully saturated rings. The Morgan fingerprint density at radius 3 is 2.93 bits per heavy atom. The Balaban J connectivity index is 1.36. The number of H-pyrrole nitrogens is 1. The molecule has 2 aromatic rings. The molecule has 0 radical (unpaired) electrons. The van der Waals surface area contributed by atoms with Crippen molar-refractivity contribution >= 4 is 11.8 Å². The molecule has 3 aliphatic rings. The Kier molecular flexibility index (Phi) is 3.73. The number of tetrazole rings is 1. The van der Waals surface area contributed by atoms with E-state index in [0.717, 1.165) is 45.2 Å². The first kappa shape index (κ1) is 16.4. The summed E-state index contributed by atoms with van der Waals surface area (Å²) in [7, 11) is 0. The fourth-order valence-electron chi connectivity index (χ4n) is 4.52. The molecule has 4 heterocycles. The summed E-state index contributed by atoms with van der Waals surface area (Å²) in [6, 6.07) is 0.432. The highest BCUT2D eigenvalue weighted by Gasteiger charge is 2.46. The van der Waals surface area contributed by atoms with Gasteiger partial charge >= 0.3 is 0 Å². The Labute approximate surface area is 155 Å². The molecular weight excluding hydrogens is 348 g/mol. The highest BCUT2D eigenvalue weighted by atomic mass is 16.2. The minimum Gasteiger partial charge on any atom is -0.339 e. The molecule has 0 aromatic carbocycles. The van der Waals surface area contributed by atoms with Gasteiger partial charge in [0.15, 0.2) is 5.82 Å². The van der Waals surface area contributed by atoms with E-state index in [0.29, 0.717) is 30.4 Å². The molecule has 1 spiro atoms. The van der Waals surface area contributed by atoms with Gasteiger partial charge in [-0.2, -0.15) is 9.78 Å². The fraction of sp³-hybridized carbons (Fsp3) is 0.647. The zero-order valence-electron chi connectivity index (χ0n) is 15.0. The third kappa shape index (κ3) is 2.88. The van der Waals surface area contributed by atoms with E-state index < -0.39 is 0 Å². The molecular formula is C17H22N8O2. The van der Waals surface area contributed by atoms with E-state index in [-0.39, 0.29) is 17.2 Å². The molecule has 10 heteroatoms. The summed E-state index contributed by atoms with van der Waals surface area (Å²) >= 11 is 0. The molecule has 5 rings (SSSR count). The van der Waals surface area contributed by atoms with Crippen molar-refractivity contribution in [2.45, 2.75) is 44.6 Å².